The van der Waals surface area contributed by atoms with E-state index in [0.717, 1.165) is 30.8 Å². The summed E-state index contributed by atoms with van der Waals surface area (Å²) in [5.41, 5.74) is 3.24. The van der Waals surface area contributed by atoms with Crippen LogP contribution in [0.5, 0.6) is 0 Å². The van der Waals surface area contributed by atoms with Gasteiger partial charge in [0.1, 0.15) is 0 Å². The molecule has 0 aliphatic carbocycles. The lowest BCUT2D eigenvalue weighted by molar-refractivity contribution is -0.121. The van der Waals surface area contributed by atoms with Gasteiger partial charge in [-0.2, -0.15) is 5.10 Å². The maximum atomic E-state index is 11.6. The summed E-state index contributed by atoms with van der Waals surface area (Å²) in [5.74, 6) is 0.763. The first kappa shape index (κ1) is 13.7. The quantitative estimate of drug-likeness (QED) is 0.796. The number of rotatable bonds is 6. The fraction of sp³-hybridized carbons (Fsp3) is 0.692. The third kappa shape index (κ3) is 4.59. The van der Waals surface area contributed by atoms with Gasteiger partial charge in [-0.25, -0.2) is 0 Å². The Bertz CT molecular complexity index is 349. The highest BCUT2D eigenvalue weighted by Crippen LogP contribution is 2.11. The zero-order valence-corrected chi connectivity index (χ0v) is 11.3. The Labute approximate surface area is 103 Å². The van der Waals surface area contributed by atoms with Crippen LogP contribution < -0.4 is 5.32 Å². The Hall–Kier alpha value is -1.32. The van der Waals surface area contributed by atoms with Gasteiger partial charge in [-0.1, -0.05) is 13.8 Å². The van der Waals surface area contributed by atoms with Crippen LogP contribution in [0.3, 0.4) is 0 Å². The molecule has 2 N–H and O–H groups in total. The number of H-pyrrole nitrogens is 1. The van der Waals surface area contributed by atoms with E-state index in [1.807, 2.05) is 13.8 Å². The second-order valence-corrected chi connectivity index (χ2v) is 4.95. The summed E-state index contributed by atoms with van der Waals surface area (Å²) in [5, 5.41) is 10.0. The first-order valence-electron chi connectivity index (χ1n) is 6.27. The summed E-state index contributed by atoms with van der Waals surface area (Å²) in [6, 6.07) is 0. The molecule has 0 aliphatic heterocycles. The summed E-state index contributed by atoms with van der Waals surface area (Å²) in [7, 11) is 0. The monoisotopic (exact) mass is 237 g/mol. The molecule has 96 valence electrons. The van der Waals surface area contributed by atoms with Crippen molar-refractivity contribution in [1.82, 2.24) is 15.5 Å². The van der Waals surface area contributed by atoms with Gasteiger partial charge in [0.25, 0.3) is 0 Å². The number of hydrogen-bond donors (Lipinski definition) is 2. The number of aryl methyl sites for hydroxylation is 2. The van der Waals surface area contributed by atoms with E-state index in [2.05, 4.69) is 29.4 Å². The molecule has 0 aliphatic rings. The van der Waals surface area contributed by atoms with Gasteiger partial charge in [-0.15, -0.1) is 0 Å². The number of amides is 1. The van der Waals surface area contributed by atoms with Crippen LogP contribution in [0.1, 0.15) is 43.6 Å². The van der Waals surface area contributed by atoms with E-state index in [1.165, 1.54) is 5.56 Å². The van der Waals surface area contributed by atoms with Gasteiger partial charge in [0, 0.05) is 18.7 Å². The molecule has 1 aromatic rings. The lowest BCUT2D eigenvalue weighted by Crippen LogP contribution is -2.25. The van der Waals surface area contributed by atoms with Crippen molar-refractivity contribution in [1.29, 1.82) is 0 Å². The summed E-state index contributed by atoms with van der Waals surface area (Å²) in [6.45, 7) is 9.05. The Kier molecular flexibility index (Phi) is 5.19. The molecule has 1 heterocycles. The number of aromatic amines is 1. The van der Waals surface area contributed by atoms with Gasteiger partial charge >= 0.3 is 0 Å². The largest absolute Gasteiger partial charge is 0.356 e. The Morgan fingerprint density at radius 1 is 1.41 bits per heavy atom. The minimum atomic E-state index is 0.130. The Morgan fingerprint density at radius 2 is 2.12 bits per heavy atom. The normalized spacial score (nSPS) is 10.9. The third-order valence-corrected chi connectivity index (χ3v) is 2.93. The average Bonchev–Trinajstić information content (AvgIpc) is 2.55. The standard InChI is InChI=1S/C13H23N3O/c1-9(2)7-8-14-13(17)6-5-12-10(3)15-16-11(12)4/h9H,5-8H2,1-4H3,(H,14,17)(H,15,16). The van der Waals surface area contributed by atoms with Gasteiger partial charge in [-0.3, -0.25) is 9.89 Å². The lowest BCUT2D eigenvalue weighted by atomic mass is 10.1. The van der Waals surface area contributed by atoms with Crippen molar-refractivity contribution in [3.63, 3.8) is 0 Å². The number of carbonyl (C=O) groups is 1. The molecule has 1 amide bonds. The van der Waals surface area contributed by atoms with E-state index in [4.69, 9.17) is 0 Å². The molecule has 0 saturated heterocycles. The maximum Gasteiger partial charge on any atom is 0.220 e. The summed E-state index contributed by atoms with van der Waals surface area (Å²) in [4.78, 5) is 11.6. The number of aromatic nitrogens is 2. The molecule has 1 aromatic heterocycles. The van der Waals surface area contributed by atoms with Gasteiger partial charge in [0.05, 0.1) is 5.69 Å². The molecule has 0 bridgehead atoms. The average molecular weight is 237 g/mol. The van der Waals surface area contributed by atoms with Crippen molar-refractivity contribution < 1.29 is 4.79 Å². The molecule has 0 aromatic carbocycles. The SMILES string of the molecule is Cc1n[nH]c(C)c1CCC(=O)NCCC(C)C. The summed E-state index contributed by atoms with van der Waals surface area (Å²) >= 11 is 0. The van der Waals surface area contributed by atoms with E-state index in [1.54, 1.807) is 0 Å². The summed E-state index contributed by atoms with van der Waals surface area (Å²) < 4.78 is 0. The predicted octanol–water partition coefficient (Wildman–Crippen LogP) is 2.12. The molecule has 0 spiro atoms. The number of hydrogen-bond acceptors (Lipinski definition) is 2. The van der Waals surface area contributed by atoms with E-state index in [-0.39, 0.29) is 5.91 Å². The van der Waals surface area contributed by atoms with Crippen molar-refractivity contribution in [3.05, 3.63) is 17.0 Å². The van der Waals surface area contributed by atoms with Gasteiger partial charge < -0.3 is 5.32 Å². The first-order valence-corrected chi connectivity index (χ1v) is 6.27. The van der Waals surface area contributed by atoms with E-state index < -0.39 is 0 Å². The molecule has 0 unspecified atom stereocenters. The van der Waals surface area contributed by atoms with E-state index in [0.29, 0.717) is 12.3 Å². The molecule has 0 fully saturated rings. The molecule has 0 radical (unpaired) electrons. The first-order chi connectivity index (χ1) is 8.00. The fourth-order valence-electron chi connectivity index (χ4n) is 1.77. The summed E-state index contributed by atoms with van der Waals surface area (Å²) in [6.07, 6.45) is 2.34. The van der Waals surface area contributed by atoms with Crippen molar-refractivity contribution in [2.24, 2.45) is 5.92 Å². The van der Waals surface area contributed by atoms with E-state index >= 15 is 0 Å². The Morgan fingerprint density at radius 3 is 2.65 bits per heavy atom. The van der Waals surface area contributed by atoms with Crippen molar-refractivity contribution in [2.45, 2.75) is 47.0 Å². The molecule has 4 heteroatoms. The second-order valence-electron chi connectivity index (χ2n) is 4.95. The molecular weight excluding hydrogens is 214 g/mol. The highest BCUT2D eigenvalue weighted by molar-refractivity contribution is 5.76. The zero-order chi connectivity index (χ0) is 12.8. The van der Waals surface area contributed by atoms with Crippen molar-refractivity contribution in [3.8, 4) is 0 Å². The molecule has 17 heavy (non-hydrogen) atoms. The van der Waals surface area contributed by atoms with Crippen molar-refractivity contribution >= 4 is 5.91 Å². The zero-order valence-electron chi connectivity index (χ0n) is 11.3. The minimum absolute atomic E-state index is 0.130. The van der Waals surface area contributed by atoms with Crippen LogP contribution in [0, 0.1) is 19.8 Å². The van der Waals surface area contributed by atoms with Crippen molar-refractivity contribution in [2.75, 3.05) is 6.54 Å². The fourth-order valence-corrected chi connectivity index (χ4v) is 1.77. The predicted molar refractivity (Wildman–Crippen MR) is 68.8 cm³/mol. The highest BCUT2D eigenvalue weighted by atomic mass is 16.1. The Balaban J connectivity index is 2.29. The smallest absolute Gasteiger partial charge is 0.220 e. The molecule has 0 saturated carbocycles. The van der Waals surface area contributed by atoms with Crippen LogP contribution in [-0.2, 0) is 11.2 Å². The van der Waals surface area contributed by atoms with Gasteiger partial charge in [0.15, 0.2) is 0 Å². The maximum absolute atomic E-state index is 11.6. The molecular formula is C13H23N3O. The van der Waals surface area contributed by atoms with Crippen LogP contribution in [-0.4, -0.2) is 22.6 Å². The molecule has 1 rings (SSSR count). The number of carbonyl (C=O) groups excluding carboxylic acids is 1. The van der Waals surface area contributed by atoms with Crippen LogP contribution >= 0.6 is 0 Å². The second kappa shape index (κ2) is 6.42. The van der Waals surface area contributed by atoms with Crippen LogP contribution in [0.15, 0.2) is 0 Å². The highest BCUT2D eigenvalue weighted by Gasteiger charge is 2.08. The van der Waals surface area contributed by atoms with Crippen LogP contribution in [0.25, 0.3) is 0 Å². The number of nitrogens with one attached hydrogen (secondary N) is 2. The molecule has 4 nitrogen and oxygen atoms in total. The van der Waals surface area contributed by atoms with Gasteiger partial charge in [0.2, 0.25) is 5.91 Å². The van der Waals surface area contributed by atoms with E-state index in [9.17, 15) is 4.79 Å². The topological polar surface area (TPSA) is 57.8 Å². The minimum Gasteiger partial charge on any atom is -0.356 e. The molecule has 0 atom stereocenters. The lowest BCUT2D eigenvalue weighted by Gasteiger charge is -2.07. The third-order valence-electron chi connectivity index (χ3n) is 2.93. The van der Waals surface area contributed by atoms with Crippen LogP contribution in [0.2, 0.25) is 0 Å². The number of nitrogens with zero attached hydrogens (tertiary/aromatic N) is 1. The van der Waals surface area contributed by atoms with Gasteiger partial charge in [-0.05, 0) is 38.2 Å². The van der Waals surface area contributed by atoms with Crippen LogP contribution in [0.4, 0.5) is 0 Å².